The van der Waals surface area contributed by atoms with Gasteiger partial charge in [-0.05, 0) is 50.9 Å². The minimum absolute atomic E-state index is 0.986. The molecule has 84 valence electrons. The van der Waals surface area contributed by atoms with E-state index in [1.165, 1.54) is 51.9 Å². The van der Waals surface area contributed by atoms with Crippen LogP contribution in [0.4, 0.5) is 0 Å². The second-order valence-corrected chi connectivity index (χ2v) is 4.53. The molecule has 0 aromatic rings. The van der Waals surface area contributed by atoms with Gasteiger partial charge in [-0.25, -0.2) is 0 Å². The van der Waals surface area contributed by atoms with Gasteiger partial charge in [0.2, 0.25) is 0 Å². The van der Waals surface area contributed by atoms with Crippen molar-refractivity contribution in [1.29, 1.82) is 0 Å². The van der Waals surface area contributed by atoms with Gasteiger partial charge in [0.1, 0.15) is 0 Å². The molecular weight excluding hydrogens is 172 g/mol. The van der Waals surface area contributed by atoms with Gasteiger partial charge in [-0.2, -0.15) is 0 Å². The van der Waals surface area contributed by atoms with Crippen LogP contribution in [0.25, 0.3) is 0 Å². The Morgan fingerprint density at radius 1 is 0.857 bits per heavy atom. The number of hydrogen-bond acceptors (Lipinski definition) is 2. The highest BCUT2D eigenvalue weighted by atomic mass is 14.9. The zero-order valence-electron chi connectivity index (χ0n) is 9.81. The van der Waals surface area contributed by atoms with Crippen LogP contribution in [0.2, 0.25) is 0 Å². The zero-order valence-corrected chi connectivity index (χ0v) is 9.81. The fourth-order valence-corrected chi connectivity index (χ4v) is 2.13. The molecule has 2 nitrogen and oxygen atoms in total. The minimum atomic E-state index is 0.986. The molecule has 0 saturated carbocycles. The van der Waals surface area contributed by atoms with Crippen LogP contribution in [0.3, 0.4) is 0 Å². The Hall–Kier alpha value is -0.0800. The molecule has 0 radical (unpaired) electrons. The van der Waals surface area contributed by atoms with Crippen molar-refractivity contribution in [3.8, 4) is 0 Å². The molecule has 2 fully saturated rings. The quantitative estimate of drug-likeness (QED) is 0.709. The largest absolute Gasteiger partial charge is 0.316 e. The molecule has 14 heavy (non-hydrogen) atoms. The molecule has 2 saturated heterocycles. The third-order valence-electron chi connectivity index (χ3n) is 3.48. The predicted octanol–water partition coefficient (Wildman–Crippen LogP) is 2.01. The van der Waals surface area contributed by atoms with Gasteiger partial charge in [-0.3, -0.25) is 0 Å². The predicted molar refractivity (Wildman–Crippen MR) is 62.5 cm³/mol. The van der Waals surface area contributed by atoms with Crippen molar-refractivity contribution in [3.05, 3.63) is 0 Å². The monoisotopic (exact) mass is 198 g/mol. The fraction of sp³-hybridized carbons (Fsp3) is 1.00. The van der Waals surface area contributed by atoms with Crippen molar-refractivity contribution < 1.29 is 0 Å². The van der Waals surface area contributed by atoms with Crippen LogP contribution in [0.5, 0.6) is 0 Å². The third-order valence-corrected chi connectivity index (χ3v) is 3.48. The molecule has 0 aliphatic carbocycles. The van der Waals surface area contributed by atoms with E-state index in [1.54, 1.807) is 0 Å². The van der Waals surface area contributed by atoms with Crippen LogP contribution in [0.15, 0.2) is 0 Å². The van der Waals surface area contributed by atoms with Crippen LogP contribution >= 0.6 is 0 Å². The van der Waals surface area contributed by atoms with Crippen LogP contribution in [-0.4, -0.2) is 26.2 Å². The lowest BCUT2D eigenvalue weighted by molar-refractivity contribution is 0.563. The summed E-state index contributed by atoms with van der Waals surface area (Å²) in [5.41, 5.74) is 0. The van der Waals surface area contributed by atoms with E-state index < -0.39 is 0 Å². The third kappa shape index (κ3) is 4.43. The van der Waals surface area contributed by atoms with Gasteiger partial charge in [-0.15, -0.1) is 0 Å². The SMILES string of the molecule is CCC1CCNC1.CC[C@H]1CCNC1. The second-order valence-electron chi connectivity index (χ2n) is 4.53. The molecule has 2 atom stereocenters. The molecule has 1 unspecified atom stereocenters. The van der Waals surface area contributed by atoms with Gasteiger partial charge >= 0.3 is 0 Å². The van der Waals surface area contributed by atoms with Crippen LogP contribution in [0, 0.1) is 11.8 Å². The van der Waals surface area contributed by atoms with Crippen molar-refractivity contribution in [3.63, 3.8) is 0 Å². The van der Waals surface area contributed by atoms with Crippen molar-refractivity contribution >= 4 is 0 Å². The Balaban J connectivity index is 0.000000140. The summed E-state index contributed by atoms with van der Waals surface area (Å²) in [5, 5.41) is 6.65. The summed E-state index contributed by atoms with van der Waals surface area (Å²) in [6.45, 7) is 9.54. The van der Waals surface area contributed by atoms with E-state index in [0.717, 1.165) is 11.8 Å². The molecule has 2 aliphatic heterocycles. The molecule has 0 aromatic carbocycles. The van der Waals surface area contributed by atoms with Gasteiger partial charge in [0.05, 0.1) is 0 Å². The maximum Gasteiger partial charge on any atom is -0.00201 e. The first-order valence-corrected chi connectivity index (χ1v) is 6.28. The number of rotatable bonds is 2. The summed E-state index contributed by atoms with van der Waals surface area (Å²) in [5.74, 6) is 1.97. The Labute approximate surface area is 88.8 Å². The van der Waals surface area contributed by atoms with Crippen molar-refractivity contribution in [2.45, 2.75) is 39.5 Å². The van der Waals surface area contributed by atoms with Crippen LogP contribution < -0.4 is 10.6 Å². The first-order chi connectivity index (χ1) is 6.86. The van der Waals surface area contributed by atoms with Gasteiger partial charge in [0, 0.05) is 0 Å². The molecule has 0 amide bonds. The standard InChI is InChI=1S/2C6H13N/c2*1-2-6-3-4-7-5-6/h2*6-7H,2-5H2,1H3/t6-;/m0./s1. The van der Waals surface area contributed by atoms with Gasteiger partial charge in [0.15, 0.2) is 0 Å². The molecule has 2 N–H and O–H groups in total. The van der Waals surface area contributed by atoms with E-state index in [0.29, 0.717) is 0 Å². The summed E-state index contributed by atoms with van der Waals surface area (Å²) in [4.78, 5) is 0. The molecule has 2 heterocycles. The summed E-state index contributed by atoms with van der Waals surface area (Å²) in [6.07, 6.45) is 5.51. The Morgan fingerprint density at radius 3 is 1.43 bits per heavy atom. The first kappa shape index (κ1) is 12.0. The van der Waals surface area contributed by atoms with Crippen molar-refractivity contribution in [2.75, 3.05) is 26.2 Å². The lowest BCUT2D eigenvalue weighted by atomic mass is 10.1. The normalized spacial score (nSPS) is 31.3. The van der Waals surface area contributed by atoms with Gasteiger partial charge in [0.25, 0.3) is 0 Å². The van der Waals surface area contributed by atoms with Crippen molar-refractivity contribution in [1.82, 2.24) is 10.6 Å². The Bertz CT molecular complexity index is 108. The average molecular weight is 198 g/mol. The van der Waals surface area contributed by atoms with Crippen molar-refractivity contribution in [2.24, 2.45) is 11.8 Å². The Kier molecular flexibility index (Phi) is 6.20. The molecule has 2 heteroatoms. The highest BCUT2D eigenvalue weighted by molar-refractivity contribution is 4.69. The minimum Gasteiger partial charge on any atom is -0.316 e. The van der Waals surface area contributed by atoms with Crippen LogP contribution in [0.1, 0.15) is 39.5 Å². The highest BCUT2D eigenvalue weighted by Gasteiger charge is 2.10. The second kappa shape index (κ2) is 7.24. The smallest absolute Gasteiger partial charge is 0.00201 e. The number of hydrogen-bond donors (Lipinski definition) is 2. The topological polar surface area (TPSA) is 24.1 Å². The highest BCUT2D eigenvalue weighted by Crippen LogP contribution is 2.10. The molecule has 0 aromatic heterocycles. The van der Waals surface area contributed by atoms with E-state index in [1.807, 2.05) is 0 Å². The van der Waals surface area contributed by atoms with Gasteiger partial charge in [-0.1, -0.05) is 26.7 Å². The maximum atomic E-state index is 3.32. The lowest BCUT2D eigenvalue weighted by Crippen LogP contribution is -2.07. The summed E-state index contributed by atoms with van der Waals surface area (Å²) in [7, 11) is 0. The van der Waals surface area contributed by atoms with E-state index in [9.17, 15) is 0 Å². The fourth-order valence-electron chi connectivity index (χ4n) is 2.13. The molecule has 0 bridgehead atoms. The average Bonchev–Trinajstić information content (AvgIpc) is 2.92. The summed E-state index contributed by atoms with van der Waals surface area (Å²) >= 11 is 0. The number of nitrogens with one attached hydrogen (secondary N) is 2. The van der Waals surface area contributed by atoms with Gasteiger partial charge < -0.3 is 10.6 Å². The molecule has 2 aliphatic rings. The van der Waals surface area contributed by atoms with Crippen LogP contribution in [-0.2, 0) is 0 Å². The van der Waals surface area contributed by atoms with E-state index in [4.69, 9.17) is 0 Å². The molecule has 0 spiro atoms. The maximum absolute atomic E-state index is 3.32. The Morgan fingerprint density at radius 2 is 1.29 bits per heavy atom. The zero-order chi connectivity index (χ0) is 10.2. The van der Waals surface area contributed by atoms with E-state index in [2.05, 4.69) is 24.5 Å². The summed E-state index contributed by atoms with van der Waals surface area (Å²) in [6, 6.07) is 0. The molecular formula is C12H26N2. The first-order valence-electron chi connectivity index (χ1n) is 6.28. The van der Waals surface area contributed by atoms with E-state index >= 15 is 0 Å². The lowest BCUT2D eigenvalue weighted by Gasteiger charge is -1.98. The molecule has 2 rings (SSSR count). The van der Waals surface area contributed by atoms with E-state index in [-0.39, 0.29) is 0 Å². The summed E-state index contributed by atoms with van der Waals surface area (Å²) < 4.78 is 0.